The van der Waals surface area contributed by atoms with E-state index in [1.807, 2.05) is 19.1 Å². The average molecular weight is 284 g/mol. The van der Waals surface area contributed by atoms with Crippen LogP contribution in [0.1, 0.15) is 29.7 Å². The molecule has 0 bridgehead atoms. The summed E-state index contributed by atoms with van der Waals surface area (Å²) in [6.07, 6.45) is 0. The lowest BCUT2D eigenvalue weighted by Crippen LogP contribution is -2.18. The third-order valence-electron chi connectivity index (χ3n) is 3.37. The first-order valence-electron chi connectivity index (χ1n) is 6.70. The van der Waals surface area contributed by atoms with Crippen LogP contribution < -0.4 is 10.1 Å². The summed E-state index contributed by atoms with van der Waals surface area (Å²) in [5, 5.41) is 12.3. The van der Waals surface area contributed by atoms with Crippen LogP contribution in [0.2, 0.25) is 0 Å². The quantitative estimate of drug-likeness (QED) is 0.913. The summed E-state index contributed by atoms with van der Waals surface area (Å²) in [6, 6.07) is 14.1. The Hall–Kier alpha value is -2.38. The normalized spacial score (nSPS) is 11.7. The van der Waals surface area contributed by atoms with Gasteiger partial charge >= 0.3 is 0 Å². The Bertz CT molecular complexity index is 647. The van der Waals surface area contributed by atoms with E-state index in [9.17, 15) is 4.39 Å². The van der Waals surface area contributed by atoms with Crippen LogP contribution in [0.25, 0.3) is 0 Å². The van der Waals surface area contributed by atoms with Crippen LogP contribution in [0.5, 0.6) is 5.75 Å². The maximum absolute atomic E-state index is 12.9. The molecule has 0 saturated heterocycles. The van der Waals surface area contributed by atoms with Crippen LogP contribution in [0.3, 0.4) is 0 Å². The molecule has 1 N–H and O–H groups in total. The van der Waals surface area contributed by atoms with Crippen molar-refractivity contribution in [1.29, 1.82) is 5.26 Å². The van der Waals surface area contributed by atoms with E-state index in [0.717, 1.165) is 11.1 Å². The minimum absolute atomic E-state index is 0.104. The summed E-state index contributed by atoms with van der Waals surface area (Å²) in [7, 11) is 1.55. The van der Waals surface area contributed by atoms with E-state index in [1.165, 1.54) is 12.1 Å². The first-order valence-corrected chi connectivity index (χ1v) is 6.70. The second kappa shape index (κ2) is 6.87. The van der Waals surface area contributed by atoms with Crippen molar-refractivity contribution < 1.29 is 9.13 Å². The molecule has 0 unspecified atom stereocenters. The number of rotatable bonds is 5. The Kier molecular flexibility index (Phi) is 4.91. The predicted molar refractivity (Wildman–Crippen MR) is 79.4 cm³/mol. The number of nitrogens with zero attached hydrogens (tertiary/aromatic N) is 1. The zero-order valence-electron chi connectivity index (χ0n) is 12.1. The lowest BCUT2D eigenvalue weighted by Gasteiger charge is -2.15. The van der Waals surface area contributed by atoms with E-state index in [1.54, 1.807) is 25.3 Å². The number of nitrogens with one attached hydrogen (secondary N) is 1. The average Bonchev–Trinajstić information content (AvgIpc) is 2.52. The van der Waals surface area contributed by atoms with E-state index in [0.29, 0.717) is 17.9 Å². The molecule has 0 aliphatic carbocycles. The highest BCUT2D eigenvalue weighted by atomic mass is 19.1. The van der Waals surface area contributed by atoms with Gasteiger partial charge in [-0.2, -0.15) is 5.26 Å². The van der Waals surface area contributed by atoms with Crippen molar-refractivity contribution in [2.45, 2.75) is 19.5 Å². The Morgan fingerprint density at radius 1 is 1.24 bits per heavy atom. The molecule has 0 fully saturated rings. The van der Waals surface area contributed by atoms with Gasteiger partial charge in [0.2, 0.25) is 0 Å². The van der Waals surface area contributed by atoms with Crippen LogP contribution in [-0.2, 0) is 6.54 Å². The van der Waals surface area contributed by atoms with Gasteiger partial charge in [-0.1, -0.05) is 18.2 Å². The highest BCUT2D eigenvalue weighted by Gasteiger charge is 2.07. The first-order chi connectivity index (χ1) is 10.1. The summed E-state index contributed by atoms with van der Waals surface area (Å²) < 4.78 is 18.1. The Balaban J connectivity index is 2.02. The van der Waals surface area contributed by atoms with Crippen LogP contribution in [0, 0.1) is 17.1 Å². The van der Waals surface area contributed by atoms with Gasteiger partial charge in [0.1, 0.15) is 17.6 Å². The molecule has 0 aliphatic heterocycles. The molecule has 0 amide bonds. The third-order valence-corrected chi connectivity index (χ3v) is 3.37. The Morgan fingerprint density at radius 2 is 1.95 bits per heavy atom. The van der Waals surface area contributed by atoms with Gasteiger partial charge in [0.05, 0.1) is 12.7 Å². The minimum Gasteiger partial charge on any atom is -0.495 e. The minimum atomic E-state index is -0.234. The molecule has 1 atom stereocenters. The number of halogens is 1. The molecule has 4 heteroatoms. The van der Waals surface area contributed by atoms with Gasteiger partial charge in [-0.15, -0.1) is 0 Å². The molecule has 0 heterocycles. The van der Waals surface area contributed by atoms with Gasteiger partial charge in [0, 0.05) is 12.6 Å². The summed E-state index contributed by atoms with van der Waals surface area (Å²) in [6.45, 7) is 2.66. The van der Waals surface area contributed by atoms with E-state index >= 15 is 0 Å². The van der Waals surface area contributed by atoms with Crippen LogP contribution in [-0.4, -0.2) is 7.11 Å². The molecule has 3 nitrogen and oxygen atoms in total. The van der Waals surface area contributed by atoms with Crippen molar-refractivity contribution >= 4 is 0 Å². The van der Waals surface area contributed by atoms with Crippen molar-refractivity contribution in [3.05, 3.63) is 65.0 Å². The van der Waals surface area contributed by atoms with E-state index in [-0.39, 0.29) is 11.9 Å². The zero-order chi connectivity index (χ0) is 15.2. The highest BCUT2D eigenvalue weighted by Crippen LogP contribution is 2.20. The molecule has 2 aromatic rings. The van der Waals surface area contributed by atoms with Gasteiger partial charge in [0.15, 0.2) is 0 Å². The largest absolute Gasteiger partial charge is 0.495 e. The fraction of sp³-hybridized carbons (Fsp3) is 0.235. The molecular weight excluding hydrogens is 267 g/mol. The van der Waals surface area contributed by atoms with Gasteiger partial charge in [-0.05, 0) is 42.3 Å². The highest BCUT2D eigenvalue weighted by molar-refractivity contribution is 5.45. The summed E-state index contributed by atoms with van der Waals surface area (Å²) >= 11 is 0. The molecule has 21 heavy (non-hydrogen) atoms. The second-order valence-corrected chi connectivity index (χ2v) is 4.80. The molecule has 0 aromatic heterocycles. The first kappa shape index (κ1) is 15.0. The maximum atomic E-state index is 12.9. The van der Waals surface area contributed by atoms with Crippen molar-refractivity contribution in [3.8, 4) is 11.8 Å². The van der Waals surface area contributed by atoms with Gasteiger partial charge < -0.3 is 10.1 Å². The van der Waals surface area contributed by atoms with Crippen molar-refractivity contribution in [3.63, 3.8) is 0 Å². The smallest absolute Gasteiger partial charge is 0.136 e. The number of benzene rings is 2. The van der Waals surface area contributed by atoms with E-state index < -0.39 is 0 Å². The molecule has 2 aromatic carbocycles. The number of ether oxygens (including phenoxy) is 1. The lowest BCUT2D eigenvalue weighted by molar-refractivity contribution is 0.412. The van der Waals surface area contributed by atoms with Crippen molar-refractivity contribution in [2.75, 3.05) is 7.11 Å². The standard InChI is InChI=1S/C17H17FN2O/c1-12(14-5-7-16(18)8-6-14)20-11-13-3-4-15(10-19)17(9-13)21-2/h3-9,12,20H,11H2,1-2H3/t12-/m1/s1. The number of methoxy groups -OCH3 is 1. The van der Waals surface area contributed by atoms with E-state index in [2.05, 4.69) is 11.4 Å². The van der Waals surface area contributed by atoms with Crippen LogP contribution in [0.15, 0.2) is 42.5 Å². The fourth-order valence-electron chi connectivity index (χ4n) is 2.08. The maximum Gasteiger partial charge on any atom is 0.136 e. The van der Waals surface area contributed by atoms with Gasteiger partial charge in [0.25, 0.3) is 0 Å². The van der Waals surface area contributed by atoms with Crippen LogP contribution in [0.4, 0.5) is 4.39 Å². The second-order valence-electron chi connectivity index (χ2n) is 4.80. The van der Waals surface area contributed by atoms with Gasteiger partial charge in [-0.3, -0.25) is 0 Å². The van der Waals surface area contributed by atoms with Gasteiger partial charge in [-0.25, -0.2) is 4.39 Å². The predicted octanol–water partition coefficient (Wildman–Crippen LogP) is 3.56. The Morgan fingerprint density at radius 3 is 2.57 bits per heavy atom. The zero-order valence-corrected chi connectivity index (χ0v) is 12.1. The molecule has 0 radical (unpaired) electrons. The van der Waals surface area contributed by atoms with Crippen molar-refractivity contribution in [2.24, 2.45) is 0 Å². The molecule has 2 rings (SSSR count). The number of nitriles is 1. The summed E-state index contributed by atoms with van der Waals surface area (Å²) in [4.78, 5) is 0. The molecule has 0 saturated carbocycles. The van der Waals surface area contributed by atoms with Crippen LogP contribution >= 0.6 is 0 Å². The SMILES string of the molecule is COc1cc(CN[C@H](C)c2ccc(F)cc2)ccc1C#N. The topological polar surface area (TPSA) is 45.0 Å². The fourth-order valence-corrected chi connectivity index (χ4v) is 2.08. The number of hydrogen-bond acceptors (Lipinski definition) is 3. The molecule has 0 spiro atoms. The third kappa shape index (κ3) is 3.80. The molecule has 0 aliphatic rings. The van der Waals surface area contributed by atoms with Crippen molar-refractivity contribution in [1.82, 2.24) is 5.32 Å². The molecular formula is C17H17FN2O. The van der Waals surface area contributed by atoms with E-state index in [4.69, 9.17) is 10.00 Å². The number of hydrogen-bond donors (Lipinski definition) is 1. The Labute approximate surface area is 124 Å². The molecule has 108 valence electrons. The summed E-state index contributed by atoms with van der Waals surface area (Å²) in [5.74, 6) is 0.342. The monoisotopic (exact) mass is 284 g/mol. The lowest BCUT2D eigenvalue weighted by atomic mass is 10.1. The summed E-state index contributed by atoms with van der Waals surface area (Å²) in [5.41, 5.74) is 2.57.